The van der Waals surface area contributed by atoms with E-state index >= 15 is 0 Å². The third kappa shape index (κ3) is 3.67. The van der Waals surface area contributed by atoms with Crippen molar-refractivity contribution < 1.29 is 14.0 Å². The highest BCUT2D eigenvalue weighted by Gasteiger charge is 2.41. The van der Waals surface area contributed by atoms with Crippen LogP contribution < -0.4 is 0 Å². The first-order valence-electron chi connectivity index (χ1n) is 4.36. The van der Waals surface area contributed by atoms with Gasteiger partial charge < -0.3 is 14.0 Å². The molecule has 0 atom stereocenters. The van der Waals surface area contributed by atoms with Crippen molar-refractivity contribution in [3.8, 4) is 0 Å². The number of rotatable bonds is 4. The lowest BCUT2D eigenvalue weighted by Gasteiger charge is -2.32. The Morgan fingerprint density at radius 2 is 1.75 bits per heavy atom. The van der Waals surface area contributed by atoms with E-state index in [4.69, 9.17) is 4.43 Å². The quantitative estimate of drug-likeness (QED) is 0.664. The maximum Gasteiger partial charge on any atom is 0.498 e. The monoisotopic (exact) mass is 192 g/mol. The third-order valence-electron chi connectivity index (χ3n) is 2.03. The van der Waals surface area contributed by atoms with Crippen LogP contribution in [0.15, 0.2) is 0 Å². The molecule has 3 nitrogen and oxygen atoms in total. The van der Waals surface area contributed by atoms with Crippen LogP contribution in [0, 0.1) is 0 Å². The zero-order valence-corrected chi connectivity index (χ0v) is 9.59. The Balaban J connectivity index is 4.23. The highest BCUT2D eigenvalue weighted by molar-refractivity contribution is 6.59. The Morgan fingerprint density at radius 3 is 2.00 bits per heavy atom. The largest absolute Gasteiger partial charge is 0.498 e. The van der Waals surface area contributed by atoms with E-state index in [2.05, 4.69) is 0 Å². The van der Waals surface area contributed by atoms with E-state index in [9.17, 15) is 9.59 Å². The van der Waals surface area contributed by atoms with E-state index in [-0.39, 0.29) is 5.54 Å². The Morgan fingerprint density at radius 1 is 1.33 bits per heavy atom. The van der Waals surface area contributed by atoms with Crippen LogP contribution in [0.3, 0.4) is 0 Å². The molecule has 0 unspecified atom stereocenters. The van der Waals surface area contributed by atoms with Crippen molar-refractivity contribution in [2.75, 3.05) is 0 Å². The maximum atomic E-state index is 9.53. The first-order valence-corrected chi connectivity index (χ1v) is 6.24. The third-order valence-corrected chi connectivity index (χ3v) is 4.39. The molecule has 0 spiro atoms. The van der Waals surface area contributed by atoms with E-state index in [0.717, 1.165) is 6.42 Å². The summed E-state index contributed by atoms with van der Waals surface area (Å²) in [6.07, 6.45) is 0.773. The average molecular weight is 192 g/mol. The molecular formula is C8H20O3Si. The SMILES string of the molecule is CCC(C)(C)O[Si](O)(O)C(C)C. The smallest absolute Gasteiger partial charge is 0.390 e. The summed E-state index contributed by atoms with van der Waals surface area (Å²) in [6, 6.07) is 0. The molecule has 0 aliphatic rings. The number of hydrogen-bond acceptors (Lipinski definition) is 3. The molecule has 0 heterocycles. The van der Waals surface area contributed by atoms with Crippen molar-refractivity contribution in [3.63, 3.8) is 0 Å². The molecule has 0 rings (SSSR count). The van der Waals surface area contributed by atoms with Gasteiger partial charge in [0, 0.05) is 5.54 Å². The molecule has 0 aliphatic heterocycles. The van der Waals surface area contributed by atoms with Gasteiger partial charge in [0.2, 0.25) is 0 Å². The first kappa shape index (κ1) is 12.1. The van der Waals surface area contributed by atoms with E-state index in [1.807, 2.05) is 20.8 Å². The molecular weight excluding hydrogens is 172 g/mol. The van der Waals surface area contributed by atoms with E-state index in [1.54, 1.807) is 13.8 Å². The molecule has 2 N–H and O–H groups in total. The van der Waals surface area contributed by atoms with Gasteiger partial charge in [0.15, 0.2) is 0 Å². The van der Waals surface area contributed by atoms with Gasteiger partial charge in [-0.05, 0) is 20.3 Å². The van der Waals surface area contributed by atoms with E-state index < -0.39 is 14.4 Å². The predicted molar refractivity (Wildman–Crippen MR) is 50.7 cm³/mol. The summed E-state index contributed by atoms with van der Waals surface area (Å²) >= 11 is 0. The molecule has 0 bridgehead atoms. The van der Waals surface area contributed by atoms with Crippen molar-refractivity contribution >= 4 is 8.80 Å². The van der Waals surface area contributed by atoms with Crippen LogP contribution in [0.1, 0.15) is 41.0 Å². The van der Waals surface area contributed by atoms with Crippen LogP contribution in [0.4, 0.5) is 0 Å². The zero-order valence-electron chi connectivity index (χ0n) is 8.59. The van der Waals surface area contributed by atoms with Gasteiger partial charge in [-0.25, -0.2) is 0 Å². The molecule has 0 saturated heterocycles. The van der Waals surface area contributed by atoms with Gasteiger partial charge in [0.05, 0.1) is 5.60 Å². The van der Waals surface area contributed by atoms with Crippen molar-refractivity contribution in [2.24, 2.45) is 0 Å². The summed E-state index contributed by atoms with van der Waals surface area (Å²) in [5.41, 5.74) is -0.622. The fraction of sp³-hybridized carbons (Fsp3) is 1.00. The topological polar surface area (TPSA) is 49.7 Å². The molecule has 74 valence electrons. The van der Waals surface area contributed by atoms with Crippen LogP contribution in [-0.2, 0) is 4.43 Å². The minimum atomic E-state index is -3.44. The Hall–Kier alpha value is 0.0969. The minimum Gasteiger partial charge on any atom is -0.390 e. The van der Waals surface area contributed by atoms with Crippen molar-refractivity contribution in [1.82, 2.24) is 0 Å². The lowest BCUT2D eigenvalue weighted by molar-refractivity contribution is 0.0195. The molecule has 0 aliphatic carbocycles. The van der Waals surface area contributed by atoms with Gasteiger partial charge in [0.1, 0.15) is 0 Å². The van der Waals surface area contributed by atoms with E-state index in [1.165, 1.54) is 0 Å². The summed E-state index contributed by atoms with van der Waals surface area (Å²) in [5, 5.41) is 0. The average Bonchev–Trinajstić information content (AvgIpc) is 1.85. The molecule has 12 heavy (non-hydrogen) atoms. The minimum absolute atomic E-state index is 0.191. The second kappa shape index (κ2) is 3.87. The molecule has 0 saturated carbocycles. The van der Waals surface area contributed by atoms with Gasteiger partial charge in [-0.1, -0.05) is 20.8 Å². The normalized spacial score (nSPS) is 14.0. The van der Waals surface area contributed by atoms with Crippen molar-refractivity contribution in [3.05, 3.63) is 0 Å². The van der Waals surface area contributed by atoms with Gasteiger partial charge in [-0.15, -0.1) is 0 Å². The van der Waals surface area contributed by atoms with Crippen LogP contribution in [0.5, 0.6) is 0 Å². The second-order valence-electron chi connectivity index (χ2n) is 4.03. The van der Waals surface area contributed by atoms with Gasteiger partial charge in [-0.2, -0.15) is 0 Å². The summed E-state index contributed by atoms with van der Waals surface area (Å²) < 4.78 is 5.29. The van der Waals surface area contributed by atoms with Crippen LogP contribution >= 0.6 is 0 Å². The Bertz CT molecular complexity index is 143. The highest BCUT2D eigenvalue weighted by atomic mass is 28.4. The Kier molecular flexibility index (Phi) is 3.90. The molecule has 0 aromatic rings. The second-order valence-corrected chi connectivity index (χ2v) is 6.70. The molecule has 0 fully saturated rings. The molecule has 0 aromatic carbocycles. The summed E-state index contributed by atoms with van der Waals surface area (Å²) in [6.45, 7) is 9.22. The summed E-state index contributed by atoms with van der Waals surface area (Å²) in [4.78, 5) is 19.1. The molecule has 4 heteroatoms. The maximum absolute atomic E-state index is 9.53. The molecule has 0 radical (unpaired) electrons. The van der Waals surface area contributed by atoms with Crippen molar-refractivity contribution in [1.29, 1.82) is 0 Å². The van der Waals surface area contributed by atoms with Crippen LogP contribution in [-0.4, -0.2) is 24.0 Å². The first-order chi connectivity index (χ1) is 5.21. The highest BCUT2D eigenvalue weighted by Crippen LogP contribution is 2.24. The van der Waals surface area contributed by atoms with Gasteiger partial charge >= 0.3 is 8.80 Å². The lowest BCUT2D eigenvalue weighted by Crippen LogP contribution is -2.48. The lowest BCUT2D eigenvalue weighted by atomic mass is 10.1. The molecule has 0 amide bonds. The van der Waals surface area contributed by atoms with Gasteiger partial charge in [-0.3, -0.25) is 0 Å². The van der Waals surface area contributed by atoms with Crippen LogP contribution in [0.2, 0.25) is 5.54 Å². The molecule has 0 aromatic heterocycles. The number of hydrogen-bond donors (Lipinski definition) is 2. The predicted octanol–water partition coefficient (Wildman–Crippen LogP) is 1.53. The Labute approximate surface area is 75.7 Å². The zero-order chi connectivity index (χ0) is 9.99. The van der Waals surface area contributed by atoms with Gasteiger partial charge in [0.25, 0.3) is 0 Å². The summed E-state index contributed by atoms with van der Waals surface area (Å²) in [7, 11) is -3.44. The van der Waals surface area contributed by atoms with Crippen LogP contribution in [0.25, 0.3) is 0 Å². The fourth-order valence-corrected chi connectivity index (χ4v) is 1.79. The summed E-state index contributed by atoms with van der Waals surface area (Å²) in [5.74, 6) is 0. The van der Waals surface area contributed by atoms with E-state index in [0.29, 0.717) is 0 Å². The fourth-order valence-electron chi connectivity index (χ4n) is 0.597. The van der Waals surface area contributed by atoms with Crippen molar-refractivity contribution in [2.45, 2.75) is 52.2 Å². The standard InChI is InChI=1S/C8H20O3Si/c1-6-8(4,5)11-12(9,10)7(2)3/h7,9-10H,6H2,1-5H3.